The van der Waals surface area contributed by atoms with E-state index in [4.69, 9.17) is 9.47 Å². The van der Waals surface area contributed by atoms with Gasteiger partial charge in [0.15, 0.2) is 6.10 Å². The molecule has 0 spiro atoms. The van der Waals surface area contributed by atoms with Gasteiger partial charge in [-0.05, 0) is 42.5 Å². The highest BCUT2D eigenvalue weighted by Crippen LogP contribution is 2.36. The SMILES string of the molecule is O=C([O-])CCCC(=O)OC[C@@H]1CN(c2ccc3cc(-c4ccccc4C(F)(F)F)[nH]c(=O)c3c2)C(=O)O1. The zero-order valence-corrected chi connectivity index (χ0v) is 19.2. The number of amides is 1. The number of nitrogens with one attached hydrogen (secondary N) is 1. The number of fused-ring (bicyclic) bond motifs is 1. The number of anilines is 1. The molecule has 12 heteroatoms. The molecule has 0 aliphatic carbocycles. The summed E-state index contributed by atoms with van der Waals surface area (Å²) < 4.78 is 50.5. The van der Waals surface area contributed by atoms with E-state index < -0.39 is 41.4 Å². The number of aromatic amines is 1. The Morgan fingerprint density at radius 2 is 1.86 bits per heavy atom. The average Bonchev–Trinajstić information content (AvgIpc) is 3.22. The number of carbonyl (C=O) groups is 3. The van der Waals surface area contributed by atoms with Gasteiger partial charge in [0.05, 0.1) is 12.1 Å². The largest absolute Gasteiger partial charge is 0.550 e. The quantitative estimate of drug-likeness (QED) is 0.455. The Hall–Kier alpha value is -4.35. The van der Waals surface area contributed by atoms with E-state index in [-0.39, 0.29) is 49.1 Å². The fraction of sp³-hybridized carbons (Fsp3) is 0.280. The van der Waals surface area contributed by atoms with Gasteiger partial charge in [0.1, 0.15) is 6.61 Å². The Kier molecular flexibility index (Phi) is 7.18. The number of ether oxygens (including phenoxy) is 2. The summed E-state index contributed by atoms with van der Waals surface area (Å²) in [6.07, 6.45) is -6.46. The van der Waals surface area contributed by atoms with Crippen LogP contribution in [-0.2, 0) is 25.2 Å². The van der Waals surface area contributed by atoms with Gasteiger partial charge < -0.3 is 24.4 Å². The van der Waals surface area contributed by atoms with Crippen molar-refractivity contribution in [1.82, 2.24) is 4.98 Å². The number of carboxylic acid groups (broad SMARTS) is 1. The van der Waals surface area contributed by atoms with Crippen LogP contribution >= 0.6 is 0 Å². The van der Waals surface area contributed by atoms with Crippen LogP contribution in [0.5, 0.6) is 0 Å². The smallest absolute Gasteiger partial charge is 0.417 e. The molecule has 2 aromatic carbocycles. The summed E-state index contributed by atoms with van der Waals surface area (Å²) >= 11 is 0. The van der Waals surface area contributed by atoms with E-state index in [1.54, 1.807) is 0 Å². The highest BCUT2D eigenvalue weighted by Gasteiger charge is 2.35. The van der Waals surface area contributed by atoms with E-state index in [2.05, 4.69) is 4.98 Å². The molecule has 1 aromatic heterocycles. The number of pyridine rings is 1. The third-order valence-corrected chi connectivity index (χ3v) is 5.73. The van der Waals surface area contributed by atoms with E-state index >= 15 is 0 Å². The first-order valence-electron chi connectivity index (χ1n) is 11.2. The van der Waals surface area contributed by atoms with Gasteiger partial charge in [0.25, 0.3) is 5.56 Å². The lowest BCUT2D eigenvalue weighted by atomic mass is 10.0. The number of cyclic esters (lactones) is 1. The number of hydrogen-bond acceptors (Lipinski definition) is 7. The molecule has 37 heavy (non-hydrogen) atoms. The van der Waals surface area contributed by atoms with Gasteiger partial charge in [-0.15, -0.1) is 0 Å². The molecule has 0 bridgehead atoms. The lowest BCUT2D eigenvalue weighted by Crippen LogP contribution is -2.27. The Labute approximate surface area is 207 Å². The van der Waals surface area contributed by atoms with Crippen LogP contribution in [-0.4, -0.2) is 42.3 Å². The van der Waals surface area contributed by atoms with Gasteiger partial charge in [-0.25, -0.2) is 4.79 Å². The van der Waals surface area contributed by atoms with Crippen molar-refractivity contribution in [3.63, 3.8) is 0 Å². The van der Waals surface area contributed by atoms with Crippen molar-refractivity contribution in [2.75, 3.05) is 18.1 Å². The van der Waals surface area contributed by atoms with Gasteiger partial charge in [-0.1, -0.05) is 24.3 Å². The predicted molar refractivity (Wildman–Crippen MR) is 122 cm³/mol. The molecule has 4 rings (SSSR count). The number of esters is 1. The van der Waals surface area contributed by atoms with E-state index in [0.717, 1.165) is 6.07 Å². The molecule has 3 aromatic rings. The second kappa shape index (κ2) is 10.3. The molecule has 0 saturated carbocycles. The normalized spacial score (nSPS) is 15.6. The summed E-state index contributed by atoms with van der Waals surface area (Å²) in [6.45, 7) is -0.214. The minimum atomic E-state index is -4.61. The summed E-state index contributed by atoms with van der Waals surface area (Å²) in [5.74, 6) is -1.92. The summed E-state index contributed by atoms with van der Waals surface area (Å²) in [6, 6.07) is 10.8. The van der Waals surface area contributed by atoms with Crippen LogP contribution in [0.4, 0.5) is 23.7 Å². The number of alkyl halides is 3. The maximum atomic E-state index is 13.4. The second-order valence-electron chi connectivity index (χ2n) is 8.35. The third-order valence-electron chi connectivity index (χ3n) is 5.73. The van der Waals surface area contributed by atoms with Crippen LogP contribution in [0.1, 0.15) is 24.8 Å². The maximum Gasteiger partial charge on any atom is 0.417 e. The van der Waals surface area contributed by atoms with Crippen molar-refractivity contribution in [2.24, 2.45) is 0 Å². The van der Waals surface area contributed by atoms with Crippen molar-refractivity contribution < 1.29 is 42.1 Å². The molecule has 0 radical (unpaired) electrons. The number of H-pyrrole nitrogens is 1. The molecule has 1 amide bonds. The molecule has 9 nitrogen and oxygen atoms in total. The molecule has 1 aliphatic rings. The van der Waals surface area contributed by atoms with Gasteiger partial charge in [-0.3, -0.25) is 14.5 Å². The number of halogens is 3. The monoisotopic (exact) mass is 517 g/mol. The molecular formula is C25H20F3N2O7-. The number of hydrogen-bond donors (Lipinski definition) is 1. The number of benzene rings is 2. The van der Waals surface area contributed by atoms with Crippen LogP contribution in [0.2, 0.25) is 0 Å². The van der Waals surface area contributed by atoms with Crippen LogP contribution < -0.4 is 15.6 Å². The van der Waals surface area contributed by atoms with Crippen molar-refractivity contribution in [2.45, 2.75) is 31.5 Å². The minimum absolute atomic E-state index is 0.000236. The van der Waals surface area contributed by atoms with Crippen molar-refractivity contribution in [3.8, 4) is 11.3 Å². The van der Waals surface area contributed by atoms with Gasteiger partial charge in [0, 0.05) is 34.7 Å². The van der Waals surface area contributed by atoms with E-state index in [1.165, 1.54) is 47.4 Å². The fourth-order valence-electron chi connectivity index (χ4n) is 3.98. The predicted octanol–water partition coefficient (Wildman–Crippen LogP) is 3.00. The fourth-order valence-corrected chi connectivity index (χ4v) is 3.98. The molecule has 1 aliphatic heterocycles. The highest BCUT2D eigenvalue weighted by molar-refractivity contribution is 5.94. The standard InChI is InChI=1S/C25H21F3N2O7/c26-25(27,28)19-5-2-1-4-17(19)20-10-14-8-9-15(11-18(14)23(34)29-20)30-12-16(37-24(30)35)13-36-22(33)7-3-6-21(31)32/h1-2,4-5,8-11,16H,3,6-7,12-13H2,(H,29,34)(H,31,32)/p-1/t16-/m0/s1. The second-order valence-corrected chi connectivity index (χ2v) is 8.35. The molecule has 1 N–H and O–H groups in total. The van der Waals surface area contributed by atoms with Gasteiger partial charge >= 0.3 is 18.2 Å². The molecular weight excluding hydrogens is 497 g/mol. The Morgan fingerprint density at radius 1 is 1.11 bits per heavy atom. The number of nitrogens with zero attached hydrogens (tertiary/aromatic N) is 1. The number of aliphatic carboxylic acids is 1. The van der Waals surface area contributed by atoms with Gasteiger partial charge in [-0.2, -0.15) is 13.2 Å². The summed E-state index contributed by atoms with van der Waals surface area (Å²) in [4.78, 5) is 51.0. The third kappa shape index (κ3) is 5.90. The lowest BCUT2D eigenvalue weighted by Gasteiger charge is -2.15. The van der Waals surface area contributed by atoms with Crippen LogP contribution in [0, 0.1) is 0 Å². The number of carboxylic acids is 1. The zero-order valence-electron chi connectivity index (χ0n) is 19.2. The molecule has 1 fully saturated rings. The summed E-state index contributed by atoms with van der Waals surface area (Å²) in [5, 5.41) is 10.9. The van der Waals surface area contributed by atoms with E-state index in [1.807, 2.05) is 0 Å². The van der Waals surface area contributed by atoms with Crippen LogP contribution in [0.15, 0.2) is 53.3 Å². The van der Waals surface area contributed by atoms with Gasteiger partial charge in [0.2, 0.25) is 0 Å². The molecule has 1 saturated heterocycles. The number of aromatic nitrogens is 1. The Balaban J connectivity index is 1.50. The average molecular weight is 517 g/mol. The first-order chi connectivity index (χ1) is 17.5. The minimum Gasteiger partial charge on any atom is -0.550 e. The maximum absolute atomic E-state index is 13.4. The number of carbonyl (C=O) groups excluding carboxylic acids is 3. The topological polar surface area (TPSA) is 129 Å². The van der Waals surface area contributed by atoms with E-state index in [0.29, 0.717) is 11.1 Å². The summed E-state index contributed by atoms with van der Waals surface area (Å²) in [7, 11) is 0. The molecule has 1 atom stereocenters. The molecule has 2 heterocycles. The Morgan fingerprint density at radius 3 is 2.59 bits per heavy atom. The lowest BCUT2D eigenvalue weighted by molar-refractivity contribution is -0.305. The van der Waals surface area contributed by atoms with Crippen molar-refractivity contribution in [3.05, 3.63) is 64.4 Å². The first-order valence-corrected chi connectivity index (χ1v) is 11.2. The zero-order chi connectivity index (χ0) is 26.7. The molecule has 0 unspecified atom stereocenters. The summed E-state index contributed by atoms with van der Waals surface area (Å²) in [5.41, 5.74) is -1.37. The highest BCUT2D eigenvalue weighted by atomic mass is 19.4. The number of rotatable bonds is 8. The van der Waals surface area contributed by atoms with Crippen molar-refractivity contribution in [1.29, 1.82) is 0 Å². The van der Waals surface area contributed by atoms with Crippen molar-refractivity contribution >= 4 is 34.5 Å². The molecule has 194 valence electrons. The Bertz CT molecular complexity index is 1420. The van der Waals surface area contributed by atoms with Crippen LogP contribution in [0.3, 0.4) is 0 Å². The first kappa shape index (κ1) is 25.7. The van der Waals surface area contributed by atoms with Crippen LogP contribution in [0.25, 0.3) is 22.0 Å². The van der Waals surface area contributed by atoms with E-state index in [9.17, 15) is 37.5 Å².